The first-order valence-electron chi connectivity index (χ1n) is 13.8. The highest BCUT2D eigenvalue weighted by Gasteiger charge is 2.40. The van der Waals surface area contributed by atoms with E-state index >= 15 is 0 Å². The summed E-state index contributed by atoms with van der Waals surface area (Å²) in [5.41, 5.74) is 3.43. The van der Waals surface area contributed by atoms with Gasteiger partial charge in [-0.3, -0.25) is 9.20 Å². The van der Waals surface area contributed by atoms with E-state index in [2.05, 4.69) is 15.2 Å². The lowest BCUT2D eigenvalue weighted by Crippen LogP contribution is -2.45. The average molecular weight is 613 g/mol. The number of pyridine rings is 2. The lowest BCUT2D eigenvalue weighted by atomic mass is 9.86. The predicted molar refractivity (Wildman–Crippen MR) is 155 cm³/mol. The monoisotopic (exact) mass is 612 g/mol. The maximum absolute atomic E-state index is 14.3. The molecule has 42 heavy (non-hydrogen) atoms. The molecule has 6 rings (SSSR count). The first kappa shape index (κ1) is 28.5. The fourth-order valence-corrected chi connectivity index (χ4v) is 8.00. The largest absolute Gasteiger partial charge is 0.481 e. The first-order chi connectivity index (χ1) is 20.0. The smallest absolute Gasteiger partial charge is 0.304 e. The van der Waals surface area contributed by atoms with Gasteiger partial charge in [-0.15, -0.1) is 10.2 Å². The van der Waals surface area contributed by atoms with Crippen LogP contribution in [0.1, 0.15) is 59.7 Å². The third-order valence-electron chi connectivity index (χ3n) is 8.34. The van der Waals surface area contributed by atoms with Crippen LogP contribution in [0, 0.1) is 19.7 Å². The second-order valence-electron chi connectivity index (χ2n) is 11.0. The summed E-state index contributed by atoms with van der Waals surface area (Å²) in [4.78, 5) is 18.0. The highest BCUT2D eigenvalue weighted by molar-refractivity contribution is 7.89. The van der Waals surface area contributed by atoms with Crippen molar-refractivity contribution in [2.24, 2.45) is 0 Å². The zero-order valence-electron chi connectivity index (χ0n) is 23.2. The lowest BCUT2D eigenvalue weighted by Gasteiger charge is -2.36. The Kier molecular flexibility index (Phi) is 7.40. The molecule has 0 spiro atoms. The number of carboxylic acids is 1. The van der Waals surface area contributed by atoms with E-state index in [9.17, 15) is 22.7 Å². The van der Waals surface area contributed by atoms with Gasteiger partial charge in [0.15, 0.2) is 5.65 Å². The van der Waals surface area contributed by atoms with Crippen LogP contribution in [0.25, 0.3) is 5.65 Å². The molecule has 4 aromatic rings. The van der Waals surface area contributed by atoms with Crippen LogP contribution in [0.2, 0.25) is 5.02 Å². The summed E-state index contributed by atoms with van der Waals surface area (Å²) in [6, 6.07) is 8.01. The van der Waals surface area contributed by atoms with Gasteiger partial charge in [0.25, 0.3) is 0 Å². The highest BCUT2D eigenvalue weighted by atomic mass is 35.5. The minimum absolute atomic E-state index is 0.0590. The molecule has 5 heterocycles. The van der Waals surface area contributed by atoms with Crippen LogP contribution in [0.3, 0.4) is 0 Å². The number of carboxylic acid groups (broad SMARTS) is 1. The summed E-state index contributed by atoms with van der Waals surface area (Å²) in [5.74, 6) is -1.25. The topological polar surface area (TPSA) is 121 Å². The number of aliphatic carboxylic acids is 1. The van der Waals surface area contributed by atoms with Crippen molar-refractivity contribution >= 4 is 39.1 Å². The van der Waals surface area contributed by atoms with E-state index < -0.39 is 27.7 Å². The van der Waals surface area contributed by atoms with Crippen molar-refractivity contribution in [3.63, 3.8) is 0 Å². The quantitative estimate of drug-likeness (QED) is 0.333. The molecule has 1 saturated heterocycles. The summed E-state index contributed by atoms with van der Waals surface area (Å²) in [6.45, 7) is 4.50. The normalized spacial score (nSPS) is 19.2. The van der Waals surface area contributed by atoms with Crippen molar-refractivity contribution in [3.05, 3.63) is 81.6 Å². The molecule has 2 aliphatic rings. The number of halogens is 2. The van der Waals surface area contributed by atoms with E-state index in [1.165, 1.54) is 4.31 Å². The summed E-state index contributed by atoms with van der Waals surface area (Å²) in [5, 5.41) is 18.6. The number of anilines is 1. The van der Waals surface area contributed by atoms with Crippen LogP contribution >= 0.6 is 11.6 Å². The molecular weight excluding hydrogens is 583 g/mol. The molecule has 10 nitrogen and oxygen atoms in total. The predicted octanol–water partition coefficient (Wildman–Crippen LogP) is 4.70. The number of sulfonamides is 1. The number of benzene rings is 1. The fraction of sp³-hybridized carbons (Fsp3) is 0.379. The van der Waals surface area contributed by atoms with Gasteiger partial charge in [-0.05, 0) is 73.6 Å². The maximum atomic E-state index is 14.3. The summed E-state index contributed by atoms with van der Waals surface area (Å²) >= 11 is 6.64. The second kappa shape index (κ2) is 10.9. The third-order valence-corrected chi connectivity index (χ3v) is 10.5. The zero-order valence-corrected chi connectivity index (χ0v) is 24.7. The molecule has 0 aliphatic carbocycles. The van der Waals surface area contributed by atoms with Crippen molar-refractivity contribution in [2.75, 3.05) is 18.0 Å². The Labute approximate surface area is 247 Å². The first-order valence-corrected chi connectivity index (χ1v) is 15.6. The summed E-state index contributed by atoms with van der Waals surface area (Å²) in [7, 11) is -4.13. The molecule has 0 saturated carbocycles. The summed E-state index contributed by atoms with van der Waals surface area (Å²) in [6.07, 6.45) is 5.31. The highest BCUT2D eigenvalue weighted by Crippen LogP contribution is 2.38. The van der Waals surface area contributed by atoms with Crippen LogP contribution in [0.4, 0.5) is 10.2 Å². The van der Waals surface area contributed by atoms with Crippen LogP contribution in [-0.4, -0.2) is 62.5 Å². The van der Waals surface area contributed by atoms with Crippen molar-refractivity contribution in [1.82, 2.24) is 23.9 Å². The maximum Gasteiger partial charge on any atom is 0.304 e. The number of piperidine rings is 1. The zero-order chi connectivity index (χ0) is 29.8. The molecule has 13 heteroatoms. The number of aryl methyl sites for hydroxylation is 2. The molecule has 220 valence electrons. The molecule has 1 aromatic carbocycles. The van der Waals surface area contributed by atoms with Crippen LogP contribution in [0.5, 0.6) is 0 Å². The molecule has 0 amide bonds. The number of rotatable bonds is 6. The Morgan fingerprint density at radius 3 is 2.79 bits per heavy atom. The molecule has 2 aliphatic heterocycles. The van der Waals surface area contributed by atoms with E-state index in [0.29, 0.717) is 28.3 Å². The van der Waals surface area contributed by atoms with E-state index in [1.54, 1.807) is 18.2 Å². The number of aromatic nitrogens is 4. The van der Waals surface area contributed by atoms with Crippen molar-refractivity contribution in [1.29, 1.82) is 0 Å². The second-order valence-corrected chi connectivity index (χ2v) is 13.3. The molecule has 2 unspecified atom stereocenters. The standard InChI is InChI=1S/C29H30ClFN6O4S/c1-17-23(8-10-36-18(2)33-34-28(17)36)24(13-27(38)39)19-6-7-25(30)20(11-19)15-35-16-22-5-3-4-9-37(22)29-26(42(35,40)41)12-21(31)14-32-29/h6-8,10-12,14,22,24H,3-5,9,13,15-16H2,1-2H3,(H,38,39). The van der Waals surface area contributed by atoms with Gasteiger partial charge < -0.3 is 10.0 Å². The van der Waals surface area contributed by atoms with Crippen LogP contribution in [0.15, 0.2) is 47.6 Å². The number of hydrogen-bond acceptors (Lipinski definition) is 7. The van der Waals surface area contributed by atoms with Gasteiger partial charge in [-0.1, -0.05) is 23.7 Å². The van der Waals surface area contributed by atoms with E-state index in [-0.39, 0.29) is 36.3 Å². The van der Waals surface area contributed by atoms with Gasteiger partial charge in [-0.25, -0.2) is 17.8 Å². The Morgan fingerprint density at radius 1 is 1.19 bits per heavy atom. The molecule has 3 aromatic heterocycles. The van der Waals surface area contributed by atoms with E-state index in [1.807, 2.05) is 35.4 Å². The van der Waals surface area contributed by atoms with Gasteiger partial charge in [0.05, 0.1) is 12.6 Å². The fourth-order valence-electron chi connectivity index (χ4n) is 6.20. The molecule has 1 fully saturated rings. The van der Waals surface area contributed by atoms with Crippen molar-refractivity contribution in [2.45, 2.75) is 62.9 Å². The number of fused-ring (bicyclic) bond motifs is 4. The number of nitrogens with zero attached hydrogens (tertiary/aromatic N) is 6. The average Bonchev–Trinajstić information content (AvgIpc) is 3.30. The Hall–Kier alpha value is -3.61. The van der Waals surface area contributed by atoms with E-state index in [4.69, 9.17) is 11.6 Å². The third kappa shape index (κ3) is 5.01. The minimum atomic E-state index is -4.13. The molecular formula is C29H30ClFN6O4S. The van der Waals surface area contributed by atoms with Gasteiger partial charge in [-0.2, -0.15) is 4.31 Å². The molecule has 0 bridgehead atoms. The number of hydrogen-bond donors (Lipinski definition) is 1. The van der Waals surface area contributed by atoms with Gasteiger partial charge >= 0.3 is 5.97 Å². The molecule has 2 atom stereocenters. The lowest BCUT2D eigenvalue weighted by molar-refractivity contribution is -0.137. The number of carbonyl (C=O) groups is 1. The van der Waals surface area contributed by atoms with E-state index in [0.717, 1.165) is 48.5 Å². The minimum Gasteiger partial charge on any atom is -0.481 e. The van der Waals surface area contributed by atoms with Gasteiger partial charge in [0, 0.05) is 42.8 Å². The van der Waals surface area contributed by atoms with Crippen LogP contribution < -0.4 is 4.90 Å². The van der Waals surface area contributed by atoms with Gasteiger partial charge in [0.1, 0.15) is 22.4 Å². The Bertz CT molecular complexity index is 1810. The van der Waals surface area contributed by atoms with Crippen LogP contribution in [-0.2, 0) is 21.4 Å². The Morgan fingerprint density at radius 2 is 2.00 bits per heavy atom. The molecule has 1 N–H and O–H groups in total. The molecule has 0 radical (unpaired) electrons. The Balaban J connectivity index is 1.41. The van der Waals surface area contributed by atoms with Crippen molar-refractivity contribution in [3.8, 4) is 0 Å². The van der Waals surface area contributed by atoms with Gasteiger partial charge in [0.2, 0.25) is 10.0 Å². The SMILES string of the molecule is Cc1c(C(CC(=O)O)c2ccc(Cl)c(CN3CC4CCCCN4c4ncc(F)cc4S3(=O)=O)c2)ccn2c(C)nnc12. The van der Waals surface area contributed by atoms with Crippen molar-refractivity contribution < 1.29 is 22.7 Å². The summed E-state index contributed by atoms with van der Waals surface area (Å²) < 4.78 is 45.4.